The van der Waals surface area contributed by atoms with E-state index >= 15 is 0 Å². The molecule has 0 aliphatic heterocycles. The molecule has 0 amide bonds. The van der Waals surface area contributed by atoms with Crippen LogP contribution in [-0.4, -0.2) is 0 Å². The first-order valence-corrected chi connectivity index (χ1v) is 5.63. The maximum atomic E-state index is 3.45. The number of allylic oxidation sites excluding steroid dienone is 8. The van der Waals surface area contributed by atoms with Gasteiger partial charge in [-0.1, -0.05) is 43.9 Å². The van der Waals surface area contributed by atoms with Gasteiger partial charge in [0, 0.05) is 0 Å². The van der Waals surface area contributed by atoms with Crippen LogP contribution in [-0.2, 0) is 26.2 Å². The first kappa shape index (κ1) is 20.7. The molecule has 2 aliphatic rings. The third-order valence-electron chi connectivity index (χ3n) is 4.03. The van der Waals surface area contributed by atoms with Crippen molar-refractivity contribution >= 4 is 0 Å². The van der Waals surface area contributed by atoms with Crippen LogP contribution in [0.2, 0.25) is 0 Å². The van der Waals surface area contributed by atoms with Crippen LogP contribution < -0.4 is 24.8 Å². The molecule has 0 heterocycles. The van der Waals surface area contributed by atoms with Crippen LogP contribution in [0.1, 0.15) is 41.0 Å². The summed E-state index contributed by atoms with van der Waals surface area (Å²) in [6, 6.07) is 0. The zero-order chi connectivity index (χ0) is 11.2. The molecule has 3 heteroatoms. The number of halogens is 2. The summed E-state index contributed by atoms with van der Waals surface area (Å²) < 4.78 is 0. The second kappa shape index (κ2) is 7.27. The first-order valence-electron chi connectivity index (χ1n) is 5.63. The average Bonchev–Trinajstić information content (AvgIpc) is 2.72. The van der Waals surface area contributed by atoms with Gasteiger partial charge in [-0.15, -0.1) is 11.6 Å². The largest absolute Gasteiger partial charge is 3.00 e. The van der Waals surface area contributed by atoms with Crippen molar-refractivity contribution in [3.8, 4) is 0 Å². The molecule has 0 spiro atoms. The molecular formula is C15H19Cl2Zr. The van der Waals surface area contributed by atoms with Crippen LogP contribution in [0, 0.1) is 11.5 Å². The van der Waals surface area contributed by atoms with Crippen molar-refractivity contribution in [3.63, 3.8) is 0 Å². The fourth-order valence-electron chi connectivity index (χ4n) is 2.71. The van der Waals surface area contributed by atoms with Gasteiger partial charge in [0.1, 0.15) is 0 Å². The van der Waals surface area contributed by atoms with E-state index in [0.717, 1.165) is 6.42 Å². The molecule has 0 aromatic rings. The number of rotatable bonds is 1. The van der Waals surface area contributed by atoms with E-state index in [1.54, 1.807) is 0 Å². The minimum absolute atomic E-state index is 0. The predicted molar refractivity (Wildman–Crippen MR) is 65.4 cm³/mol. The van der Waals surface area contributed by atoms with Crippen LogP contribution in [0.3, 0.4) is 0 Å². The van der Waals surface area contributed by atoms with Crippen molar-refractivity contribution in [3.05, 3.63) is 46.1 Å². The summed E-state index contributed by atoms with van der Waals surface area (Å²) in [5, 5.41) is 0. The van der Waals surface area contributed by atoms with E-state index in [4.69, 9.17) is 0 Å². The molecule has 0 aromatic carbocycles. The average molecular weight is 361 g/mol. The van der Waals surface area contributed by atoms with E-state index in [1.165, 1.54) is 27.9 Å². The maximum absolute atomic E-state index is 3.45. The van der Waals surface area contributed by atoms with Crippen LogP contribution in [0.5, 0.6) is 0 Å². The quantitative estimate of drug-likeness (QED) is 0.493. The van der Waals surface area contributed by atoms with Crippen molar-refractivity contribution in [1.29, 1.82) is 0 Å². The fourth-order valence-corrected chi connectivity index (χ4v) is 2.71. The van der Waals surface area contributed by atoms with Crippen LogP contribution in [0.4, 0.5) is 0 Å². The fraction of sp³-hybridized carbons (Fsp3) is 0.467. The second-order valence-electron chi connectivity index (χ2n) is 5.07. The zero-order valence-corrected chi connectivity index (χ0v) is 15.6. The molecule has 0 N–H and O–H groups in total. The van der Waals surface area contributed by atoms with Gasteiger partial charge in [0.2, 0.25) is 0 Å². The van der Waals surface area contributed by atoms with Crippen molar-refractivity contribution in [1.82, 2.24) is 0 Å². The minimum Gasteiger partial charge on any atom is -1.00 e. The van der Waals surface area contributed by atoms with E-state index in [-0.39, 0.29) is 56.4 Å². The first-order chi connectivity index (χ1) is 6.96. The third-order valence-corrected chi connectivity index (χ3v) is 4.03. The Kier molecular flexibility index (Phi) is 8.38. The molecular weight excluding hydrogens is 342 g/mol. The molecule has 2 rings (SSSR count). The molecule has 0 unspecified atom stereocenters. The summed E-state index contributed by atoms with van der Waals surface area (Å²) in [7, 11) is 0. The SMILES string of the molecule is CC1=C(C)C(C)(C)C(C2=[C-]CC=C2)=C1C.[Cl-].[Cl-].[Zr+3]. The molecule has 0 fully saturated rings. The third kappa shape index (κ3) is 3.11. The molecule has 0 aromatic heterocycles. The van der Waals surface area contributed by atoms with Crippen LogP contribution in [0.25, 0.3) is 0 Å². The molecule has 0 saturated heterocycles. The van der Waals surface area contributed by atoms with E-state index in [1.807, 2.05) is 0 Å². The van der Waals surface area contributed by atoms with Crippen molar-refractivity contribution in [2.24, 2.45) is 5.41 Å². The van der Waals surface area contributed by atoms with Gasteiger partial charge in [-0.25, -0.2) is 0 Å². The Labute approximate surface area is 143 Å². The summed E-state index contributed by atoms with van der Waals surface area (Å²) in [5.41, 5.74) is 7.39. The van der Waals surface area contributed by atoms with E-state index < -0.39 is 0 Å². The molecule has 0 bridgehead atoms. The summed E-state index contributed by atoms with van der Waals surface area (Å²) in [5.74, 6) is 0. The monoisotopic (exact) mass is 359 g/mol. The van der Waals surface area contributed by atoms with Crippen molar-refractivity contribution in [2.75, 3.05) is 0 Å². The smallest absolute Gasteiger partial charge is 1.00 e. The van der Waals surface area contributed by atoms with Crippen molar-refractivity contribution < 1.29 is 51.0 Å². The minimum atomic E-state index is 0. The predicted octanol–water partition coefficient (Wildman–Crippen LogP) is -1.63. The summed E-state index contributed by atoms with van der Waals surface area (Å²) in [4.78, 5) is 0. The Balaban J connectivity index is 0. The van der Waals surface area contributed by atoms with E-state index in [0.29, 0.717) is 0 Å². The molecule has 0 saturated carbocycles. The second-order valence-corrected chi connectivity index (χ2v) is 5.07. The Morgan fingerprint density at radius 2 is 1.61 bits per heavy atom. The van der Waals surface area contributed by atoms with Gasteiger partial charge < -0.3 is 24.8 Å². The van der Waals surface area contributed by atoms with Gasteiger partial charge in [-0.05, 0) is 19.3 Å². The standard InChI is InChI=1S/C15H19.2ClH.Zr/c1-10-11(2)14(13-8-6-7-9-13)15(4,5)12(10)3;;;/h6,8H,7H2,1-5H3;2*1H;/q-1;;;+3/p-2. The summed E-state index contributed by atoms with van der Waals surface area (Å²) >= 11 is 0. The number of hydrogen-bond acceptors (Lipinski definition) is 0. The number of hydrogen-bond donors (Lipinski definition) is 0. The maximum Gasteiger partial charge on any atom is 3.00 e. The van der Waals surface area contributed by atoms with Crippen LogP contribution >= 0.6 is 0 Å². The Morgan fingerprint density at radius 3 is 1.94 bits per heavy atom. The Hall–Kier alpha value is 0.423. The van der Waals surface area contributed by atoms with E-state index in [2.05, 4.69) is 52.8 Å². The summed E-state index contributed by atoms with van der Waals surface area (Å²) in [6.45, 7) is 11.4. The van der Waals surface area contributed by atoms with E-state index in [9.17, 15) is 0 Å². The van der Waals surface area contributed by atoms with Gasteiger partial charge in [-0.2, -0.15) is 17.7 Å². The normalized spacial score (nSPS) is 20.2. The molecule has 1 radical (unpaired) electrons. The van der Waals surface area contributed by atoms with Gasteiger partial charge in [0.05, 0.1) is 0 Å². The topological polar surface area (TPSA) is 0 Å². The Bertz CT molecular complexity index is 437. The molecule has 18 heavy (non-hydrogen) atoms. The molecule has 2 aliphatic carbocycles. The Morgan fingerprint density at radius 1 is 1.06 bits per heavy atom. The van der Waals surface area contributed by atoms with Gasteiger partial charge in [0.15, 0.2) is 0 Å². The zero-order valence-electron chi connectivity index (χ0n) is 11.6. The van der Waals surface area contributed by atoms with Gasteiger partial charge in [0.25, 0.3) is 0 Å². The van der Waals surface area contributed by atoms with Crippen molar-refractivity contribution in [2.45, 2.75) is 41.0 Å². The molecule has 0 atom stereocenters. The van der Waals surface area contributed by atoms with Gasteiger partial charge in [-0.3, -0.25) is 0 Å². The molecule has 0 nitrogen and oxygen atoms in total. The summed E-state index contributed by atoms with van der Waals surface area (Å²) in [6.07, 6.45) is 8.82. The van der Waals surface area contributed by atoms with Gasteiger partial charge >= 0.3 is 26.2 Å². The molecule has 97 valence electrons. The van der Waals surface area contributed by atoms with Crippen LogP contribution in [0.15, 0.2) is 40.0 Å².